The van der Waals surface area contributed by atoms with Crippen LogP contribution in [0.3, 0.4) is 0 Å². The Morgan fingerprint density at radius 2 is 1.76 bits per heavy atom. The van der Waals surface area contributed by atoms with Crippen LogP contribution in [-0.4, -0.2) is 21.4 Å². The van der Waals surface area contributed by atoms with Crippen molar-refractivity contribution in [1.82, 2.24) is 4.72 Å². The smallest absolute Gasteiger partial charge is 0.240 e. The molecule has 0 radical (unpaired) electrons. The first-order valence-electron chi connectivity index (χ1n) is 7.90. The number of carbonyl (C=O) groups is 1. The zero-order valence-electron chi connectivity index (χ0n) is 14.0. The molecule has 7 heteroatoms. The van der Waals surface area contributed by atoms with E-state index in [0.29, 0.717) is 16.3 Å². The van der Waals surface area contributed by atoms with Gasteiger partial charge in [-0.15, -0.1) is 0 Å². The molecule has 1 amide bonds. The van der Waals surface area contributed by atoms with Crippen molar-refractivity contribution in [2.45, 2.75) is 30.1 Å². The number of benzene rings is 2. The predicted molar refractivity (Wildman–Crippen MR) is 98.4 cm³/mol. The van der Waals surface area contributed by atoms with Gasteiger partial charge in [0.1, 0.15) is 0 Å². The third-order valence-electron chi connectivity index (χ3n) is 4.59. The Morgan fingerprint density at radius 1 is 1.12 bits per heavy atom. The zero-order chi connectivity index (χ0) is 18.2. The number of sulfonamides is 1. The quantitative estimate of drug-likeness (QED) is 0.838. The van der Waals surface area contributed by atoms with Crippen molar-refractivity contribution in [2.75, 3.05) is 12.4 Å². The van der Waals surface area contributed by atoms with E-state index in [0.717, 1.165) is 18.4 Å². The molecule has 1 aliphatic carbocycles. The molecule has 0 spiro atoms. The van der Waals surface area contributed by atoms with E-state index in [1.54, 1.807) is 31.2 Å². The summed E-state index contributed by atoms with van der Waals surface area (Å²) in [5, 5.41) is 3.48. The molecule has 0 saturated heterocycles. The van der Waals surface area contributed by atoms with Gasteiger partial charge in [-0.25, -0.2) is 13.1 Å². The fourth-order valence-electron chi connectivity index (χ4n) is 2.87. The van der Waals surface area contributed by atoms with E-state index in [1.807, 2.05) is 12.1 Å². The Morgan fingerprint density at radius 3 is 2.32 bits per heavy atom. The molecule has 2 aromatic carbocycles. The molecule has 3 rings (SSSR count). The zero-order valence-corrected chi connectivity index (χ0v) is 15.5. The normalized spacial score (nSPS) is 15.6. The van der Waals surface area contributed by atoms with E-state index in [4.69, 9.17) is 11.6 Å². The van der Waals surface area contributed by atoms with Crippen molar-refractivity contribution in [3.05, 3.63) is 58.6 Å². The van der Waals surface area contributed by atoms with E-state index >= 15 is 0 Å². The fraction of sp³-hybridized carbons (Fsp3) is 0.278. The topological polar surface area (TPSA) is 75.3 Å². The minimum absolute atomic E-state index is 0.133. The van der Waals surface area contributed by atoms with Gasteiger partial charge in [-0.3, -0.25) is 4.79 Å². The van der Waals surface area contributed by atoms with Gasteiger partial charge in [-0.1, -0.05) is 29.8 Å². The summed E-state index contributed by atoms with van der Waals surface area (Å²) < 4.78 is 26.5. The van der Waals surface area contributed by atoms with E-state index in [-0.39, 0.29) is 10.8 Å². The van der Waals surface area contributed by atoms with Gasteiger partial charge < -0.3 is 5.32 Å². The molecule has 0 atom stereocenters. The first-order chi connectivity index (χ1) is 11.8. The average molecular weight is 379 g/mol. The van der Waals surface area contributed by atoms with E-state index in [9.17, 15) is 13.2 Å². The molecular formula is C18H19ClN2O3S. The van der Waals surface area contributed by atoms with Crippen LogP contribution >= 0.6 is 11.6 Å². The number of hydrogen-bond donors (Lipinski definition) is 2. The van der Waals surface area contributed by atoms with Crippen LogP contribution in [0.25, 0.3) is 0 Å². The number of nitrogens with one attached hydrogen (secondary N) is 2. The SMILES string of the molecule is CNS(=O)(=O)c1cc(NC(=O)C2(c3ccc(Cl)cc3)CC2)ccc1C. The Kier molecular flexibility index (Phi) is 4.62. The van der Waals surface area contributed by atoms with Crippen LogP contribution in [0.15, 0.2) is 47.4 Å². The second-order valence-electron chi connectivity index (χ2n) is 6.23. The van der Waals surface area contributed by atoms with Crippen molar-refractivity contribution in [2.24, 2.45) is 0 Å². The van der Waals surface area contributed by atoms with Crippen LogP contribution in [0.2, 0.25) is 5.02 Å². The van der Waals surface area contributed by atoms with Crippen LogP contribution in [-0.2, 0) is 20.2 Å². The highest BCUT2D eigenvalue weighted by Crippen LogP contribution is 2.49. The number of hydrogen-bond acceptors (Lipinski definition) is 3. The summed E-state index contributed by atoms with van der Waals surface area (Å²) in [6, 6.07) is 12.1. The second kappa shape index (κ2) is 6.44. The van der Waals surface area contributed by atoms with Crippen LogP contribution in [0, 0.1) is 6.92 Å². The molecule has 0 aromatic heterocycles. The summed E-state index contributed by atoms with van der Waals surface area (Å²) in [5.41, 5.74) is 1.44. The predicted octanol–water partition coefficient (Wildman–Crippen LogP) is 3.23. The minimum Gasteiger partial charge on any atom is -0.325 e. The number of anilines is 1. The van der Waals surface area contributed by atoms with E-state index < -0.39 is 15.4 Å². The van der Waals surface area contributed by atoms with Gasteiger partial charge in [0.15, 0.2) is 0 Å². The molecule has 0 aliphatic heterocycles. The number of rotatable bonds is 5. The monoisotopic (exact) mass is 378 g/mol. The standard InChI is InChI=1S/C18H19ClN2O3S/c1-12-3-8-15(11-16(12)25(23,24)20-2)21-17(22)18(9-10-18)13-4-6-14(19)7-5-13/h3-8,11,20H,9-10H2,1-2H3,(H,21,22). The first kappa shape index (κ1) is 17.9. The van der Waals surface area contributed by atoms with Crippen LogP contribution in [0.5, 0.6) is 0 Å². The highest BCUT2D eigenvalue weighted by molar-refractivity contribution is 7.89. The Labute approximate surface area is 152 Å². The number of carbonyl (C=O) groups excluding carboxylic acids is 1. The van der Waals surface area contributed by atoms with Gasteiger partial charge in [0.2, 0.25) is 15.9 Å². The molecule has 1 aliphatic rings. The van der Waals surface area contributed by atoms with Crippen molar-refractivity contribution < 1.29 is 13.2 Å². The number of halogens is 1. The number of amides is 1. The summed E-state index contributed by atoms with van der Waals surface area (Å²) in [7, 11) is -2.22. The lowest BCUT2D eigenvalue weighted by Crippen LogP contribution is -2.28. The lowest BCUT2D eigenvalue weighted by Gasteiger charge is -2.17. The van der Waals surface area contributed by atoms with Gasteiger partial charge in [0.05, 0.1) is 10.3 Å². The van der Waals surface area contributed by atoms with Crippen molar-refractivity contribution in [3.63, 3.8) is 0 Å². The minimum atomic E-state index is -3.58. The Hall–Kier alpha value is -1.89. The molecular weight excluding hydrogens is 360 g/mol. The molecule has 2 N–H and O–H groups in total. The summed E-state index contributed by atoms with van der Waals surface area (Å²) in [6.07, 6.45) is 1.52. The molecule has 0 bridgehead atoms. The van der Waals surface area contributed by atoms with Crippen LogP contribution in [0.1, 0.15) is 24.0 Å². The maximum Gasteiger partial charge on any atom is 0.240 e. The summed E-state index contributed by atoms with van der Waals surface area (Å²) >= 11 is 5.92. The summed E-state index contributed by atoms with van der Waals surface area (Å²) in [5.74, 6) is -0.133. The molecule has 5 nitrogen and oxygen atoms in total. The third kappa shape index (κ3) is 3.42. The molecule has 0 unspecified atom stereocenters. The lowest BCUT2D eigenvalue weighted by molar-refractivity contribution is -0.118. The Balaban J connectivity index is 1.87. The van der Waals surface area contributed by atoms with E-state index in [2.05, 4.69) is 10.0 Å². The Bertz CT molecular complexity index is 920. The lowest BCUT2D eigenvalue weighted by atomic mass is 9.95. The fourth-order valence-corrected chi connectivity index (χ4v) is 3.99. The maximum atomic E-state index is 12.8. The van der Waals surface area contributed by atoms with Crippen molar-refractivity contribution >= 4 is 33.2 Å². The largest absolute Gasteiger partial charge is 0.325 e. The second-order valence-corrected chi connectivity index (χ2v) is 8.52. The summed E-state index contributed by atoms with van der Waals surface area (Å²) in [4.78, 5) is 12.9. The first-order valence-corrected chi connectivity index (χ1v) is 9.76. The molecule has 1 saturated carbocycles. The highest BCUT2D eigenvalue weighted by atomic mass is 35.5. The molecule has 0 heterocycles. The van der Waals surface area contributed by atoms with Gasteiger partial charge in [0.25, 0.3) is 0 Å². The molecule has 1 fully saturated rings. The van der Waals surface area contributed by atoms with Crippen LogP contribution < -0.4 is 10.0 Å². The molecule has 132 valence electrons. The van der Waals surface area contributed by atoms with Gasteiger partial charge in [-0.2, -0.15) is 0 Å². The highest BCUT2D eigenvalue weighted by Gasteiger charge is 2.51. The van der Waals surface area contributed by atoms with Crippen LogP contribution in [0.4, 0.5) is 5.69 Å². The third-order valence-corrected chi connectivity index (χ3v) is 6.39. The van der Waals surface area contributed by atoms with Crippen molar-refractivity contribution in [3.8, 4) is 0 Å². The maximum absolute atomic E-state index is 12.8. The van der Waals surface area contributed by atoms with E-state index in [1.165, 1.54) is 13.1 Å². The van der Waals surface area contributed by atoms with Gasteiger partial charge in [0, 0.05) is 10.7 Å². The summed E-state index contributed by atoms with van der Waals surface area (Å²) in [6.45, 7) is 1.71. The average Bonchev–Trinajstić information content (AvgIpc) is 3.39. The van der Waals surface area contributed by atoms with Crippen molar-refractivity contribution in [1.29, 1.82) is 0 Å². The molecule has 2 aromatic rings. The van der Waals surface area contributed by atoms with Gasteiger partial charge >= 0.3 is 0 Å². The molecule has 25 heavy (non-hydrogen) atoms. The number of aryl methyl sites for hydroxylation is 1. The van der Waals surface area contributed by atoms with Gasteiger partial charge in [-0.05, 0) is 62.2 Å².